The third kappa shape index (κ3) is 3.17. The topological polar surface area (TPSA) is 68.6 Å². The standard InChI is InChI=1S/C13H20N4O3/c18-13-7-11(16-3-1-14-2-4-16)8-15-17(13)9-12-10-19-5-6-20-12/h7-8,12,14H,1-6,9-10H2/t12-/m1/s1. The van der Waals surface area contributed by atoms with E-state index in [4.69, 9.17) is 9.47 Å². The number of hydrogen-bond donors (Lipinski definition) is 1. The molecule has 2 aliphatic rings. The predicted octanol–water partition coefficient (Wildman–Crippen LogP) is -0.932. The molecule has 1 atom stereocenters. The van der Waals surface area contributed by atoms with E-state index in [1.165, 1.54) is 4.68 Å². The van der Waals surface area contributed by atoms with Crippen molar-refractivity contribution in [1.82, 2.24) is 15.1 Å². The van der Waals surface area contributed by atoms with Crippen LogP contribution in [0.5, 0.6) is 0 Å². The number of hydrogen-bond acceptors (Lipinski definition) is 6. The highest BCUT2D eigenvalue weighted by molar-refractivity contribution is 5.43. The number of rotatable bonds is 3. The van der Waals surface area contributed by atoms with Gasteiger partial charge in [-0.15, -0.1) is 0 Å². The van der Waals surface area contributed by atoms with Crippen LogP contribution in [0.1, 0.15) is 0 Å². The van der Waals surface area contributed by atoms with Gasteiger partial charge in [0.1, 0.15) is 6.10 Å². The van der Waals surface area contributed by atoms with Crippen LogP contribution in [0.15, 0.2) is 17.1 Å². The lowest BCUT2D eigenvalue weighted by Crippen LogP contribution is -2.44. The van der Waals surface area contributed by atoms with Gasteiger partial charge in [0, 0.05) is 32.2 Å². The zero-order valence-corrected chi connectivity index (χ0v) is 11.5. The van der Waals surface area contributed by atoms with Crippen LogP contribution in [0.3, 0.4) is 0 Å². The molecule has 1 aromatic heterocycles. The average molecular weight is 280 g/mol. The van der Waals surface area contributed by atoms with Gasteiger partial charge in [0.05, 0.1) is 38.2 Å². The summed E-state index contributed by atoms with van der Waals surface area (Å²) in [5.74, 6) is 0. The molecule has 0 bridgehead atoms. The SMILES string of the molecule is O=c1cc(N2CCNCC2)cnn1C[C@@H]1COCCO1. The number of nitrogens with one attached hydrogen (secondary N) is 1. The smallest absolute Gasteiger partial charge is 0.268 e. The maximum atomic E-state index is 12.1. The zero-order valence-electron chi connectivity index (χ0n) is 11.5. The number of aromatic nitrogens is 2. The fourth-order valence-electron chi connectivity index (χ4n) is 2.49. The molecule has 2 saturated heterocycles. The fraction of sp³-hybridized carbons (Fsp3) is 0.692. The first kappa shape index (κ1) is 13.5. The van der Waals surface area contributed by atoms with Crippen molar-refractivity contribution in [3.05, 3.63) is 22.6 Å². The van der Waals surface area contributed by atoms with Gasteiger partial charge < -0.3 is 19.7 Å². The molecule has 0 radical (unpaired) electrons. The Balaban J connectivity index is 1.68. The van der Waals surface area contributed by atoms with Crippen LogP contribution in [0, 0.1) is 0 Å². The summed E-state index contributed by atoms with van der Waals surface area (Å²) in [4.78, 5) is 14.3. The molecule has 20 heavy (non-hydrogen) atoms. The van der Waals surface area contributed by atoms with E-state index in [1.54, 1.807) is 12.3 Å². The van der Waals surface area contributed by atoms with E-state index < -0.39 is 0 Å². The lowest BCUT2D eigenvalue weighted by Gasteiger charge is -2.29. The Hall–Kier alpha value is -1.44. The minimum atomic E-state index is -0.0878. The van der Waals surface area contributed by atoms with Crippen LogP contribution in [0.4, 0.5) is 5.69 Å². The average Bonchev–Trinajstić information content (AvgIpc) is 2.51. The normalized spacial score (nSPS) is 23.8. The molecule has 1 aromatic rings. The maximum Gasteiger partial charge on any atom is 0.268 e. The summed E-state index contributed by atoms with van der Waals surface area (Å²) in [6.07, 6.45) is 1.68. The van der Waals surface area contributed by atoms with Gasteiger partial charge in [-0.25, -0.2) is 4.68 Å². The van der Waals surface area contributed by atoms with Crippen molar-refractivity contribution in [2.45, 2.75) is 12.6 Å². The van der Waals surface area contributed by atoms with E-state index in [1.807, 2.05) is 0 Å². The Morgan fingerprint density at radius 3 is 2.90 bits per heavy atom. The minimum absolute atomic E-state index is 0.0843. The van der Waals surface area contributed by atoms with Crippen molar-refractivity contribution in [3.8, 4) is 0 Å². The monoisotopic (exact) mass is 280 g/mol. The van der Waals surface area contributed by atoms with E-state index in [0.717, 1.165) is 31.9 Å². The summed E-state index contributed by atoms with van der Waals surface area (Å²) >= 11 is 0. The Bertz CT molecular complexity index is 493. The van der Waals surface area contributed by atoms with Crippen LogP contribution >= 0.6 is 0 Å². The van der Waals surface area contributed by atoms with Crippen molar-refractivity contribution in [2.75, 3.05) is 50.9 Å². The van der Waals surface area contributed by atoms with Crippen molar-refractivity contribution >= 4 is 5.69 Å². The van der Waals surface area contributed by atoms with Crippen LogP contribution in [0.25, 0.3) is 0 Å². The largest absolute Gasteiger partial charge is 0.376 e. The summed E-state index contributed by atoms with van der Waals surface area (Å²) in [5.41, 5.74) is 0.809. The van der Waals surface area contributed by atoms with E-state index in [2.05, 4.69) is 15.3 Å². The highest BCUT2D eigenvalue weighted by Gasteiger charge is 2.17. The van der Waals surface area contributed by atoms with Crippen LogP contribution < -0.4 is 15.8 Å². The molecular formula is C13H20N4O3. The molecule has 0 aromatic carbocycles. The summed E-state index contributed by atoms with van der Waals surface area (Å²) in [5, 5.41) is 7.54. The number of anilines is 1. The Labute approximate surface area is 117 Å². The first-order chi connectivity index (χ1) is 9.83. The molecule has 7 nitrogen and oxygen atoms in total. The highest BCUT2D eigenvalue weighted by Crippen LogP contribution is 2.10. The van der Waals surface area contributed by atoms with Crippen molar-refractivity contribution < 1.29 is 9.47 Å². The lowest BCUT2D eigenvalue weighted by atomic mass is 10.3. The lowest BCUT2D eigenvalue weighted by molar-refractivity contribution is -0.0950. The molecule has 0 saturated carbocycles. The molecule has 110 valence electrons. The Morgan fingerprint density at radius 1 is 1.35 bits per heavy atom. The van der Waals surface area contributed by atoms with Gasteiger partial charge in [0.15, 0.2) is 0 Å². The number of nitrogens with zero attached hydrogens (tertiary/aromatic N) is 3. The summed E-state index contributed by atoms with van der Waals surface area (Å²) in [6.45, 7) is 5.87. The highest BCUT2D eigenvalue weighted by atomic mass is 16.6. The second kappa shape index (κ2) is 6.34. The van der Waals surface area contributed by atoms with Crippen LogP contribution in [-0.4, -0.2) is 61.9 Å². The number of piperazine rings is 1. The van der Waals surface area contributed by atoms with E-state index in [0.29, 0.717) is 26.4 Å². The molecule has 1 N–H and O–H groups in total. The molecule has 3 rings (SSSR count). The van der Waals surface area contributed by atoms with Gasteiger partial charge in [-0.3, -0.25) is 4.79 Å². The van der Waals surface area contributed by atoms with Crippen molar-refractivity contribution in [2.24, 2.45) is 0 Å². The molecule has 0 amide bonds. The molecule has 0 aliphatic carbocycles. The predicted molar refractivity (Wildman–Crippen MR) is 74.1 cm³/mol. The summed E-state index contributed by atoms with van der Waals surface area (Å²) in [6, 6.07) is 1.65. The zero-order chi connectivity index (χ0) is 13.8. The fourth-order valence-corrected chi connectivity index (χ4v) is 2.49. The van der Waals surface area contributed by atoms with Gasteiger partial charge in [-0.2, -0.15) is 5.10 Å². The summed E-state index contributed by atoms with van der Waals surface area (Å²) in [7, 11) is 0. The Morgan fingerprint density at radius 2 is 2.20 bits per heavy atom. The second-order valence-corrected chi connectivity index (χ2v) is 5.04. The first-order valence-corrected chi connectivity index (χ1v) is 7.05. The van der Waals surface area contributed by atoms with Crippen LogP contribution in [-0.2, 0) is 16.0 Å². The van der Waals surface area contributed by atoms with Crippen molar-refractivity contribution in [3.63, 3.8) is 0 Å². The van der Waals surface area contributed by atoms with Gasteiger partial charge in [-0.05, 0) is 0 Å². The molecule has 2 aliphatic heterocycles. The van der Waals surface area contributed by atoms with Gasteiger partial charge in [-0.1, -0.05) is 0 Å². The molecule has 0 unspecified atom stereocenters. The second-order valence-electron chi connectivity index (χ2n) is 5.04. The van der Waals surface area contributed by atoms with E-state index in [-0.39, 0.29) is 11.7 Å². The molecule has 3 heterocycles. The third-order valence-corrected chi connectivity index (χ3v) is 3.60. The van der Waals surface area contributed by atoms with Crippen LogP contribution in [0.2, 0.25) is 0 Å². The van der Waals surface area contributed by atoms with Gasteiger partial charge in [0.2, 0.25) is 0 Å². The minimum Gasteiger partial charge on any atom is -0.376 e. The molecule has 0 spiro atoms. The quantitative estimate of drug-likeness (QED) is 0.771. The van der Waals surface area contributed by atoms with Crippen molar-refractivity contribution in [1.29, 1.82) is 0 Å². The molecule has 7 heteroatoms. The Kier molecular flexibility index (Phi) is 4.29. The summed E-state index contributed by atoms with van der Waals surface area (Å²) < 4.78 is 12.3. The van der Waals surface area contributed by atoms with Gasteiger partial charge in [0.25, 0.3) is 5.56 Å². The first-order valence-electron chi connectivity index (χ1n) is 7.05. The molecule has 2 fully saturated rings. The third-order valence-electron chi connectivity index (χ3n) is 3.60. The maximum absolute atomic E-state index is 12.1. The van der Waals surface area contributed by atoms with Gasteiger partial charge >= 0.3 is 0 Å². The molecular weight excluding hydrogens is 260 g/mol. The van der Waals surface area contributed by atoms with E-state index in [9.17, 15) is 4.79 Å². The number of ether oxygens (including phenoxy) is 2. The van der Waals surface area contributed by atoms with E-state index >= 15 is 0 Å².